The molecule has 0 bridgehead atoms. The van der Waals surface area contributed by atoms with Crippen molar-refractivity contribution in [1.29, 1.82) is 0 Å². The second kappa shape index (κ2) is 6.32. The van der Waals surface area contributed by atoms with Crippen molar-refractivity contribution in [3.05, 3.63) is 23.8 Å². The van der Waals surface area contributed by atoms with E-state index in [1.54, 1.807) is 11.0 Å². The molecule has 0 saturated carbocycles. The van der Waals surface area contributed by atoms with Crippen LogP contribution in [0.3, 0.4) is 0 Å². The molecule has 1 saturated heterocycles. The molecule has 2 aliphatic heterocycles. The Kier molecular flexibility index (Phi) is 4.36. The van der Waals surface area contributed by atoms with Gasteiger partial charge in [-0.1, -0.05) is 6.07 Å². The van der Waals surface area contributed by atoms with Crippen molar-refractivity contribution < 1.29 is 28.9 Å². The number of carbonyl (C=O) groups excluding carboxylic acids is 1. The Balaban J connectivity index is 1.81. The molecule has 0 radical (unpaired) electrons. The Labute approximate surface area is 140 Å². The maximum atomic E-state index is 13.0. The fourth-order valence-electron chi connectivity index (χ4n) is 2.93. The highest BCUT2D eigenvalue weighted by molar-refractivity contribution is 5.88. The number of amides is 1. The van der Waals surface area contributed by atoms with E-state index in [1.165, 1.54) is 0 Å². The summed E-state index contributed by atoms with van der Waals surface area (Å²) < 4.78 is 16.3. The Morgan fingerprint density at radius 1 is 1.17 bits per heavy atom. The van der Waals surface area contributed by atoms with Crippen molar-refractivity contribution in [2.24, 2.45) is 0 Å². The van der Waals surface area contributed by atoms with Gasteiger partial charge < -0.3 is 24.2 Å². The van der Waals surface area contributed by atoms with E-state index in [9.17, 15) is 9.59 Å². The Bertz CT molecular complexity index is 656. The van der Waals surface area contributed by atoms with Crippen LogP contribution in [-0.4, -0.2) is 60.9 Å². The first-order chi connectivity index (χ1) is 11.4. The molecular weight excluding hydrogens is 314 g/mol. The van der Waals surface area contributed by atoms with Gasteiger partial charge in [0.25, 0.3) is 0 Å². The highest BCUT2D eigenvalue weighted by Crippen LogP contribution is 2.36. The first kappa shape index (κ1) is 16.6. The third-order valence-electron chi connectivity index (χ3n) is 4.43. The van der Waals surface area contributed by atoms with Gasteiger partial charge in [-0.2, -0.15) is 0 Å². The van der Waals surface area contributed by atoms with Gasteiger partial charge in [-0.3, -0.25) is 4.79 Å². The van der Waals surface area contributed by atoms with E-state index in [0.29, 0.717) is 31.3 Å². The molecule has 1 aromatic rings. The maximum absolute atomic E-state index is 13.0. The number of nitrogens with zero attached hydrogens (tertiary/aromatic N) is 1. The number of ether oxygens (including phenoxy) is 3. The molecule has 1 aromatic carbocycles. The number of hydrogen-bond donors (Lipinski definition) is 1. The van der Waals surface area contributed by atoms with E-state index in [-0.39, 0.29) is 19.1 Å². The molecule has 1 unspecified atom stereocenters. The van der Waals surface area contributed by atoms with Gasteiger partial charge in [0.1, 0.15) is 13.2 Å². The van der Waals surface area contributed by atoms with Gasteiger partial charge in [-0.25, -0.2) is 4.79 Å². The first-order valence-corrected chi connectivity index (χ1v) is 7.93. The fourth-order valence-corrected chi connectivity index (χ4v) is 2.93. The average molecular weight is 335 g/mol. The smallest absolute Gasteiger partial charge is 0.334 e. The number of carboxylic acids is 1. The number of carboxylic acid groups (broad SMARTS) is 1. The molecule has 7 heteroatoms. The van der Waals surface area contributed by atoms with Gasteiger partial charge in [0.05, 0.1) is 18.6 Å². The van der Waals surface area contributed by atoms with Crippen LogP contribution in [0.15, 0.2) is 18.2 Å². The number of fused-ring (bicyclic) bond motifs is 1. The van der Waals surface area contributed by atoms with Gasteiger partial charge in [-0.05, 0) is 31.5 Å². The zero-order chi connectivity index (χ0) is 17.3. The molecule has 0 spiro atoms. The van der Waals surface area contributed by atoms with Crippen LogP contribution in [0.4, 0.5) is 0 Å². The summed E-state index contributed by atoms with van der Waals surface area (Å²) in [5.41, 5.74) is -0.00826. The van der Waals surface area contributed by atoms with E-state index in [0.717, 1.165) is 5.56 Å². The molecule has 7 nitrogen and oxygen atoms in total. The predicted octanol–water partition coefficient (Wildman–Crippen LogP) is 1.05. The quantitative estimate of drug-likeness (QED) is 0.889. The minimum Gasteiger partial charge on any atom is -0.486 e. The number of morpholine rings is 1. The molecular formula is C17H21NO6. The Morgan fingerprint density at radius 3 is 2.58 bits per heavy atom. The molecule has 1 atom stereocenters. The van der Waals surface area contributed by atoms with E-state index >= 15 is 0 Å². The summed E-state index contributed by atoms with van der Waals surface area (Å²) in [7, 11) is 0. The van der Waals surface area contributed by atoms with Gasteiger partial charge in [0.2, 0.25) is 5.91 Å². The Hall–Kier alpha value is -2.28. The van der Waals surface area contributed by atoms with E-state index in [2.05, 4.69) is 0 Å². The van der Waals surface area contributed by atoms with Crippen molar-refractivity contribution in [2.45, 2.75) is 25.4 Å². The number of benzene rings is 1. The molecule has 130 valence electrons. The van der Waals surface area contributed by atoms with Crippen LogP contribution in [0.1, 0.15) is 19.4 Å². The average Bonchev–Trinajstić information content (AvgIpc) is 2.60. The number of rotatable bonds is 3. The monoisotopic (exact) mass is 335 g/mol. The van der Waals surface area contributed by atoms with Gasteiger partial charge in [0.15, 0.2) is 17.6 Å². The lowest BCUT2D eigenvalue weighted by molar-refractivity contribution is -0.160. The van der Waals surface area contributed by atoms with Crippen LogP contribution in [0.5, 0.6) is 11.5 Å². The number of carbonyl (C=O) groups is 2. The molecule has 24 heavy (non-hydrogen) atoms. The molecule has 1 amide bonds. The summed E-state index contributed by atoms with van der Waals surface area (Å²) in [5.74, 6) is 0.119. The third-order valence-corrected chi connectivity index (χ3v) is 4.43. The fraction of sp³-hybridized carbons (Fsp3) is 0.529. The number of hydrogen-bond acceptors (Lipinski definition) is 5. The normalized spacial score (nSPS) is 20.6. The molecule has 1 N–H and O–H groups in total. The highest BCUT2D eigenvalue weighted by atomic mass is 16.6. The van der Waals surface area contributed by atoms with E-state index in [4.69, 9.17) is 19.3 Å². The third kappa shape index (κ3) is 3.03. The van der Waals surface area contributed by atoms with E-state index in [1.807, 2.05) is 26.0 Å². The summed E-state index contributed by atoms with van der Waals surface area (Å²) in [4.78, 5) is 25.6. The second-order valence-electron chi connectivity index (χ2n) is 6.43. The van der Waals surface area contributed by atoms with Gasteiger partial charge in [0, 0.05) is 6.54 Å². The molecule has 3 rings (SSSR count). The van der Waals surface area contributed by atoms with Crippen LogP contribution < -0.4 is 9.47 Å². The van der Waals surface area contributed by atoms with Crippen LogP contribution in [0.2, 0.25) is 0 Å². The summed E-state index contributed by atoms with van der Waals surface area (Å²) in [6.07, 6.45) is -0.973. The zero-order valence-corrected chi connectivity index (χ0v) is 13.8. The summed E-state index contributed by atoms with van der Waals surface area (Å²) in [6.45, 7) is 5.31. The van der Waals surface area contributed by atoms with Gasteiger partial charge >= 0.3 is 5.97 Å². The molecule has 2 aliphatic rings. The summed E-state index contributed by atoms with van der Waals surface area (Å²) in [6, 6.07) is 5.47. The molecule has 2 heterocycles. The molecule has 1 fully saturated rings. The zero-order valence-electron chi connectivity index (χ0n) is 13.8. The summed E-state index contributed by atoms with van der Waals surface area (Å²) >= 11 is 0. The van der Waals surface area contributed by atoms with Crippen LogP contribution in [-0.2, 0) is 19.7 Å². The SMILES string of the molecule is CC(C)(C(=O)N1CCOC(C(=O)O)C1)c1ccc2c(c1)OCCO2. The van der Waals surface area contributed by atoms with E-state index < -0.39 is 17.5 Å². The minimum atomic E-state index is -1.05. The first-order valence-electron chi connectivity index (χ1n) is 7.93. The van der Waals surface area contributed by atoms with Crippen LogP contribution in [0, 0.1) is 0 Å². The Morgan fingerprint density at radius 2 is 1.88 bits per heavy atom. The van der Waals surface area contributed by atoms with Crippen molar-refractivity contribution >= 4 is 11.9 Å². The lowest BCUT2D eigenvalue weighted by atomic mass is 9.82. The summed E-state index contributed by atoms with van der Waals surface area (Å²) in [5, 5.41) is 9.10. The van der Waals surface area contributed by atoms with Crippen molar-refractivity contribution in [3.8, 4) is 11.5 Å². The highest BCUT2D eigenvalue weighted by Gasteiger charge is 2.38. The second-order valence-corrected chi connectivity index (χ2v) is 6.43. The lowest BCUT2D eigenvalue weighted by Gasteiger charge is -2.36. The van der Waals surface area contributed by atoms with Crippen LogP contribution >= 0.6 is 0 Å². The molecule has 0 aliphatic carbocycles. The standard InChI is InChI=1S/C17H21NO6/c1-17(2,11-3-4-12-13(9-11)24-8-7-23-12)16(21)18-5-6-22-14(10-18)15(19)20/h3-4,9,14H,5-8,10H2,1-2H3,(H,19,20). The largest absolute Gasteiger partial charge is 0.486 e. The number of aliphatic carboxylic acids is 1. The van der Waals surface area contributed by atoms with Crippen molar-refractivity contribution in [2.75, 3.05) is 32.9 Å². The van der Waals surface area contributed by atoms with Crippen molar-refractivity contribution in [1.82, 2.24) is 4.90 Å². The topological polar surface area (TPSA) is 85.3 Å². The minimum absolute atomic E-state index is 0.0577. The van der Waals surface area contributed by atoms with Gasteiger partial charge in [-0.15, -0.1) is 0 Å². The lowest BCUT2D eigenvalue weighted by Crippen LogP contribution is -2.53. The van der Waals surface area contributed by atoms with Crippen molar-refractivity contribution in [3.63, 3.8) is 0 Å². The van der Waals surface area contributed by atoms with Crippen LogP contribution in [0.25, 0.3) is 0 Å². The maximum Gasteiger partial charge on any atom is 0.334 e. The predicted molar refractivity (Wildman–Crippen MR) is 84.4 cm³/mol. The molecule has 0 aromatic heterocycles.